The van der Waals surface area contributed by atoms with Gasteiger partial charge >= 0.3 is 0 Å². The zero-order valence-electron chi connectivity index (χ0n) is 13.7. The summed E-state index contributed by atoms with van der Waals surface area (Å²) in [5.74, 6) is 1.75. The summed E-state index contributed by atoms with van der Waals surface area (Å²) in [7, 11) is 2.05. The first kappa shape index (κ1) is 15.6. The number of nitrogens with zero attached hydrogens (tertiary/aromatic N) is 2. The normalized spacial score (nSPS) is 24.8. The van der Waals surface area contributed by atoms with Crippen molar-refractivity contribution in [2.75, 3.05) is 6.54 Å². The Hall–Kier alpha value is -0.830. The number of hydrogen-bond donors (Lipinski definition) is 1. The van der Waals surface area contributed by atoms with E-state index >= 15 is 0 Å². The number of nitrogens with one attached hydrogen (secondary N) is 1. The average Bonchev–Trinajstić information content (AvgIpc) is 2.81. The highest BCUT2D eigenvalue weighted by Crippen LogP contribution is 2.38. The third-order valence-corrected chi connectivity index (χ3v) is 5.16. The zero-order valence-corrected chi connectivity index (χ0v) is 13.7. The van der Waals surface area contributed by atoms with Crippen LogP contribution in [0.4, 0.5) is 0 Å². The quantitative estimate of drug-likeness (QED) is 0.852. The largest absolute Gasteiger partial charge is 0.310 e. The van der Waals surface area contributed by atoms with E-state index in [0.717, 1.165) is 18.4 Å². The van der Waals surface area contributed by atoms with Crippen LogP contribution in [0.2, 0.25) is 0 Å². The lowest BCUT2D eigenvalue weighted by atomic mass is 9.76. The van der Waals surface area contributed by atoms with E-state index in [9.17, 15) is 0 Å². The highest BCUT2D eigenvalue weighted by atomic mass is 15.3. The lowest BCUT2D eigenvalue weighted by molar-refractivity contribution is 0.218. The van der Waals surface area contributed by atoms with Crippen LogP contribution in [0.15, 0.2) is 6.20 Å². The first-order valence-electron chi connectivity index (χ1n) is 8.39. The summed E-state index contributed by atoms with van der Waals surface area (Å²) in [6.07, 6.45) is 10.2. The molecule has 1 fully saturated rings. The molecule has 1 aliphatic carbocycles. The molecule has 0 aromatic carbocycles. The number of aromatic nitrogens is 2. The molecule has 20 heavy (non-hydrogen) atoms. The Balaban J connectivity index is 2.10. The molecule has 114 valence electrons. The molecular formula is C17H31N3. The minimum Gasteiger partial charge on any atom is -0.310 e. The summed E-state index contributed by atoms with van der Waals surface area (Å²) in [6.45, 7) is 7.88. The van der Waals surface area contributed by atoms with Crippen molar-refractivity contribution in [3.63, 3.8) is 0 Å². The van der Waals surface area contributed by atoms with E-state index in [2.05, 4.69) is 37.4 Å². The van der Waals surface area contributed by atoms with Crippen molar-refractivity contribution in [3.05, 3.63) is 17.5 Å². The van der Waals surface area contributed by atoms with Gasteiger partial charge in [-0.15, -0.1) is 0 Å². The predicted molar refractivity (Wildman–Crippen MR) is 84.7 cm³/mol. The SMILES string of the molecule is CCCNC(c1cnn(C)c1C)C1CCC(CC)CC1. The molecule has 1 aliphatic rings. The molecule has 0 aliphatic heterocycles. The van der Waals surface area contributed by atoms with Crippen LogP contribution in [0, 0.1) is 18.8 Å². The molecule has 0 amide bonds. The van der Waals surface area contributed by atoms with Crippen LogP contribution in [0.1, 0.15) is 69.7 Å². The van der Waals surface area contributed by atoms with Gasteiger partial charge in [-0.1, -0.05) is 33.1 Å². The van der Waals surface area contributed by atoms with Gasteiger partial charge in [0.15, 0.2) is 0 Å². The Morgan fingerprint density at radius 1 is 1.30 bits per heavy atom. The number of rotatable bonds is 6. The van der Waals surface area contributed by atoms with Crippen LogP contribution in [-0.2, 0) is 7.05 Å². The summed E-state index contributed by atoms with van der Waals surface area (Å²) in [5, 5.41) is 8.24. The van der Waals surface area contributed by atoms with Crippen molar-refractivity contribution in [2.24, 2.45) is 18.9 Å². The minimum absolute atomic E-state index is 0.501. The molecule has 1 saturated carbocycles. The Kier molecular flexibility index (Phi) is 5.64. The van der Waals surface area contributed by atoms with Gasteiger partial charge in [0, 0.05) is 24.3 Å². The number of aryl methyl sites for hydroxylation is 1. The van der Waals surface area contributed by atoms with E-state index in [0.29, 0.717) is 6.04 Å². The lowest BCUT2D eigenvalue weighted by Crippen LogP contribution is -2.32. The molecule has 1 atom stereocenters. The fraction of sp³-hybridized carbons (Fsp3) is 0.824. The van der Waals surface area contributed by atoms with Gasteiger partial charge in [0.2, 0.25) is 0 Å². The highest BCUT2D eigenvalue weighted by molar-refractivity contribution is 5.21. The maximum Gasteiger partial charge on any atom is 0.0540 e. The van der Waals surface area contributed by atoms with Crippen LogP contribution in [0.5, 0.6) is 0 Å². The molecular weight excluding hydrogens is 246 g/mol. The van der Waals surface area contributed by atoms with Crippen LogP contribution in [-0.4, -0.2) is 16.3 Å². The third kappa shape index (κ3) is 3.43. The summed E-state index contributed by atoms with van der Waals surface area (Å²) >= 11 is 0. The second-order valence-corrected chi connectivity index (χ2v) is 6.43. The Bertz CT molecular complexity index is 402. The number of hydrogen-bond acceptors (Lipinski definition) is 2. The summed E-state index contributed by atoms with van der Waals surface area (Å²) in [5.41, 5.74) is 2.73. The van der Waals surface area contributed by atoms with Gasteiger partial charge in [0.25, 0.3) is 0 Å². The van der Waals surface area contributed by atoms with Crippen LogP contribution in [0.3, 0.4) is 0 Å². The zero-order chi connectivity index (χ0) is 14.5. The standard InChI is InChI=1S/C17H31N3/c1-5-11-18-17(16-12-19-20(4)13(16)3)15-9-7-14(6-2)8-10-15/h12,14-15,17-18H,5-11H2,1-4H3. The van der Waals surface area contributed by atoms with Crippen LogP contribution >= 0.6 is 0 Å². The second kappa shape index (κ2) is 7.26. The fourth-order valence-corrected chi connectivity index (χ4v) is 3.58. The highest BCUT2D eigenvalue weighted by Gasteiger charge is 2.29. The molecule has 0 bridgehead atoms. The summed E-state index contributed by atoms with van der Waals surface area (Å²) in [4.78, 5) is 0. The van der Waals surface area contributed by atoms with Gasteiger partial charge in [0.05, 0.1) is 6.20 Å². The predicted octanol–water partition coefficient (Wildman–Crippen LogP) is 3.99. The van der Waals surface area contributed by atoms with Crippen molar-refractivity contribution >= 4 is 0 Å². The first-order valence-corrected chi connectivity index (χ1v) is 8.39. The van der Waals surface area contributed by atoms with Crippen molar-refractivity contribution in [1.82, 2.24) is 15.1 Å². The molecule has 3 heteroatoms. The smallest absolute Gasteiger partial charge is 0.0540 e. The van der Waals surface area contributed by atoms with E-state index in [1.54, 1.807) is 0 Å². The van der Waals surface area contributed by atoms with Gasteiger partial charge in [-0.3, -0.25) is 4.68 Å². The van der Waals surface area contributed by atoms with E-state index < -0.39 is 0 Å². The second-order valence-electron chi connectivity index (χ2n) is 6.43. The molecule has 0 radical (unpaired) electrons. The topological polar surface area (TPSA) is 29.9 Å². The lowest BCUT2D eigenvalue weighted by Gasteiger charge is -2.34. The average molecular weight is 277 g/mol. The molecule has 1 aromatic rings. The van der Waals surface area contributed by atoms with E-state index in [-0.39, 0.29) is 0 Å². The molecule has 0 spiro atoms. The van der Waals surface area contributed by atoms with Crippen LogP contribution in [0.25, 0.3) is 0 Å². The molecule has 1 unspecified atom stereocenters. The molecule has 1 N–H and O–H groups in total. The van der Waals surface area contributed by atoms with Crippen molar-refractivity contribution in [1.29, 1.82) is 0 Å². The van der Waals surface area contributed by atoms with E-state index in [4.69, 9.17) is 0 Å². The van der Waals surface area contributed by atoms with Gasteiger partial charge in [-0.2, -0.15) is 5.10 Å². The molecule has 1 heterocycles. The minimum atomic E-state index is 0.501. The maximum absolute atomic E-state index is 4.45. The first-order chi connectivity index (χ1) is 9.67. The van der Waals surface area contributed by atoms with Gasteiger partial charge in [-0.05, 0) is 44.6 Å². The Morgan fingerprint density at radius 3 is 2.50 bits per heavy atom. The van der Waals surface area contributed by atoms with Crippen molar-refractivity contribution in [2.45, 2.75) is 65.3 Å². The van der Waals surface area contributed by atoms with Crippen molar-refractivity contribution in [3.8, 4) is 0 Å². The maximum atomic E-state index is 4.45. The summed E-state index contributed by atoms with van der Waals surface area (Å²) in [6, 6.07) is 0.501. The van der Waals surface area contributed by atoms with E-state index in [1.807, 2.05) is 11.7 Å². The molecule has 3 nitrogen and oxygen atoms in total. The van der Waals surface area contributed by atoms with Crippen LogP contribution < -0.4 is 5.32 Å². The Morgan fingerprint density at radius 2 is 2.00 bits per heavy atom. The van der Waals surface area contributed by atoms with E-state index in [1.165, 1.54) is 49.8 Å². The van der Waals surface area contributed by atoms with Gasteiger partial charge in [-0.25, -0.2) is 0 Å². The fourth-order valence-electron chi connectivity index (χ4n) is 3.58. The molecule has 2 rings (SSSR count). The van der Waals surface area contributed by atoms with Crippen molar-refractivity contribution < 1.29 is 0 Å². The Labute approximate surface area is 124 Å². The third-order valence-electron chi connectivity index (χ3n) is 5.16. The monoisotopic (exact) mass is 277 g/mol. The van der Waals surface area contributed by atoms with Gasteiger partial charge in [0.1, 0.15) is 0 Å². The van der Waals surface area contributed by atoms with Gasteiger partial charge < -0.3 is 5.32 Å². The molecule has 1 aromatic heterocycles. The molecule has 0 saturated heterocycles. The summed E-state index contributed by atoms with van der Waals surface area (Å²) < 4.78 is 2.01.